The van der Waals surface area contributed by atoms with Crippen molar-refractivity contribution < 1.29 is 9.90 Å². The van der Waals surface area contributed by atoms with Crippen molar-refractivity contribution in [3.05, 3.63) is 0 Å². The maximum Gasteiger partial charge on any atom is 0.234 e. The molecule has 106 valence electrons. The zero-order valence-electron chi connectivity index (χ0n) is 11.8. The lowest BCUT2D eigenvalue weighted by molar-refractivity contribution is -0.123. The lowest BCUT2D eigenvalue weighted by atomic mass is 9.86. The Bertz CT molecular complexity index is 240. The molecule has 0 radical (unpaired) electrons. The van der Waals surface area contributed by atoms with Crippen LogP contribution in [0.25, 0.3) is 0 Å². The minimum Gasteiger partial charge on any atom is -0.395 e. The highest BCUT2D eigenvalue weighted by Gasteiger charge is 2.23. The van der Waals surface area contributed by atoms with Gasteiger partial charge in [0.05, 0.1) is 13.2 Å². The summed E-state index contributed by atoms with van der Waals surface area (Å²) < 4.78 is 0. The van der Waals surface area contributed by atoms with Crippen molar-refractivity contribution in [2.24, 2.45) is 5.92 Å². The Morgan fingerprint density at radius 2 is 2.06 bits per heavy atom. The monoisotopic (exact) mass is 256 g/mol. The van der Waals surface area contributed by atoms with E-state index in [-0.39, 0.29) is 12.5 Å². The standard InChI is InChI=1S/C14H28N2O2/c1-3-8-16(9-10-17)11-14(18)15-13-7-5-4-6-12(13)2/h12-13,17H,3-11H2,1-2H3,(H,15,18). The SMILES string of the molecule is CCCN(CCO)CC(=O)NC1CCCCC1C. The van der Waals surface area contributed by atoms with Crippen molar-refractivity contribution in [1.29, 1.82) is 0 Å². The highest BCUT2D eigenvalue weighted by molar-refractivity contribution is 5.78. The molecule has 0 aromatic heterocycles. The van der Waals surface area contributed by atoms with Gasteiger partial charge in [0.15, 0.2) is 0 Å². The van der Waals surface area contributed by atoms with Crippen LogP contribution in [0.1, 0.15) is 46.0 Å². The number of carbonyl (C=O) groups is 1. The summed E-state index contributed by atoms with van der Waals surface area (Å²) >= 11 is 0. The molecular formula is C14H28N2O2. The molecule has 0 bridgehead atoms. The Balaban J connectivity index is 2.34. The van der Waals surface area contributed by atoms with Gasteiger partial charge in [-0.05, 0) is 31.7 Å². The molecule has 2 unspecified atom stereocenters. The molecule has 1 aliphatic carbocycles. The van der Waals surface area contributed by atoms with Crippen LogP contribution in [-0.2, 0) is 4.79 Å². The largest absolute Gasteiger partial charge is 0.395 e. The van der Waals surface area contributed by atoms with Crippen LogP contribution < -0.4 is 5.32 Å². The van der Waals surface area contributed by atoms with Crippen LogP contribution in [-0.4, -0.2) is 48.2 Å². The van der Waals surface area contributed by atoms with Crippen molar-refractivity contribution in [2.75, 3.05) is 26.2 Å². The van der Waals surface area contributed by atoms with Gasteiger partial charge in [-0.15, -0.1) is 0 Å². The minimum absolute atomic E-state index is 0.107. The molecule has 1 amide bonds. The van der Waals surface area contributed by atoms with Crippen molar-refractivity contribution in [3.63, 3.8) is 0 Å². The Kier molecular flexibility index (Phi) is 7.28. The van der Waals surface area contributed by atoms with E-state index >= 15 is 0 Å². The maximum absolute atomic E-state index is 12.0. The van der Waals surface area contributed by atoms with Gasteiger partial charge in [0.1, 0.15) is 0 Å². The average molecular weight is 256 g/mol. The number of hydrogen-bond donors (Lipinski definition) is 2. The van der Waals surface area contributed by atoms with Gasteiger partial charge in [0.2, 0.25) is 5.91 Å². The molecule has 1 aliphatic rings. The third-order valence-electron chi connectivity index (χ3n) is 3.78. The maximum atomic E-state index is 12.0. The first-order valence-electron chi connectivity index (χ1n) is 7.30. The predicted molar refractivity (Wildman–Crippen MR) is 73.4 cm³/mol. The van der Waals surface area contributed by atoms with Crippen LogP contribution in [0.3, 0.4) is 0 Å². The Hall–Kier alpha value is -0.610. The first kappa shape index (κ1) is 15.4. The lowest BCUT2D eigenvalue weighted by Crippen LogP contribution is -2.46. The van der Waals surface area contributed by atoms with Crippen molar-refractivity contribution in [2.45, 2.75) is 52.0 Å². The number of carbonyl (C=O) groups excluding carboxylic acids is 1. The fraction of sp³-hybridized carbons (Fsp3) is 0.929. The quantitative estimate of drug-likeness (QED) is 0.723. The molecule has 2 atom stereocenters. The second-order valence-electron chi connectivity index (χ2n) is 5.44. The van der Waals surface area contributed by atoms with Gasteiger partial charge in [-0.2, -0.15) is 0 Å². The molecule has 0 aliphatic heterocycles. The average Bonchev–Trinajstić information content (AvgIpc) is 2.33. The molecule has 0 aromatic rings. The van der Waals surface area contributed by atoms with E-state index in [0.29, 0.717) is 25.0 Å². The molecular weight excluding hydrogens is 228 g/mol. The van der Waals surface area contributed by atoms with Gasteiger partial charge < -0.3 is 10.4 Å². The zero-order chi connectivity index (χ0) is 13.4. The molecule has 1 fully saturated rings. The molecule has 0 saturated heterocycles. The van der Waals surface area contributed by atoms with Crippen molar-refractivity contribution in [3.8, 4) is 0 Å². The summed E-state index contributed by atoms with van der Waals surface area (Å²) in [6, 6.07) is 0.351. The van der Waals surface area contributed by atoms with E-state index in [1.165, 1.54) is 19.3 Å². The Labute approximate surface area is 111 Å². The van der Waals surface area contributed by atoms with Crippen LogP contribution in [0.5, 0.6) is 0 Å². The van der Waals surface area contributed by atoms with E-state index in [9.17, 15) is 4.79 Å². The van der Waals surface area contributed by atoms with Crippen LogP contribution in [0.15, 0.2) is 0 Å². The number of aliphatic hydroxyl groups excluding tert-OH is 1. The number of nitrogens with zero attached hydrogens (tertiary/aromatic N) is 1. The second-order valence-corrected chi connectivity index (χ2v) is 5.44. The number of aliphatic hydroxyl groups is 1. The summed E-state index contributed by atoms with van der Waals surface area (Å²) in [6.45, 7) is 6.30. The third-order valence-corrected chi connectivity index (χ3v) is 3.78. The third kappa shape index (κ3) is 5.36. The van der Waals surface area contributed by atoms with E-state index in [2.05, 4.69) is 19.2 Å². The van der Waals surface area contributed by atoms with E-state index in [1.807, 2.05) is 4.90 Å². The highest BCUT2D eigenvalue weighted by Crippen LogP contribution is 2.23. The van der Waals surface area contributed by atoms with E-state index < -0.39 is 0 Å². The van der Waals surface area contributed by atoms with Crippen molar-refractivity contribution >= 4 is 5.91 Å². The van der Waals surface area contributed by atoms with Crippen LogP contribution in [0, 0.1) is 5.92 Å². The van der Waals surface area contributed by atoms with Gasteiger partial charge in [-0.1, -0.05) is 26.7 Å². The van der Waals surface area contributed by atoms with E-state index in [1.54, 1.807) is 0 Å². The smallest absolute Gasteiger partial charge is 0.234 e. The summed E-state index contributed by atoms with van der Waals surface area (Å²) in [4.78, 5) is 14.0. The van der Waals surface area contributed by atoms with Gasteiger partial charge in [-0.25, -0.2) is 0 Å². The number of hydrogen-bond acceptors (Lipinski definition) is 3. The first-order chi connectivity index (χ1) is 8.67. The molecule has 0 spiro atoms. The van der Waals surface area contributed by atoms with E-state index in [4.69, 9.17) is 5.11 Å². The van der Waals surface area contributed by atoms with Gasteiger partial charge in [0, 0.05) is 12.6 Å². The molecule has 1 saturated carbocycles. The summed E-state index contributed by atoms with van der Waals surface area (Å²) in [6.07, 6.45) is 5.86. The fourth-order valence-corrected chi connectivity index (χ4v) is 2.71. The Morgan fingerprint density at radius 1 is 1.33 bits per heavy atom. The molecule has 2 N–H and O–H groups in total. The van der Waals surface area contributed by atoms with Gasteiger partial charge in [-0.3, -0.25) is 9.69 Å². The summed E-state index contributed by atoms with van der Waals surface area (Å²) in [5, 5.41) is 12.1. The Morgan fingerprint density at radius 3 is 2.67 bits per heavy atom. The molecule has 1 rings (SSSR count). The molecule has 0 aromatic carbocycles. The molecule has 0 heterocycles. The highest BCUT2D eigenvalue weighted by atomic mass is 16.3. The fourth-order valence-electron chi connectivity index (χ4n) is 2.71. The summed E-state index contributed by atoms with van der Waals surface area (Å²) in [5.41, 5.74) is 0. The summed E-state index contributed by atoms with van der Waals surface area (Å²) in [7, 11) is 0. The van der Waals surface area contributed by atoms with Crippen LogP contribution in [0.2, 0.25) is 0 Å². The van der Waals surface area contributed by atoms with Crippen LogP contribution >= 0.6 is 0 Å². The van der Waals surface area contributed by atoms with Gasteiger partial charge >= 0.3 is 0 Å². The normalized spacial score (nSPS) is 24.2. The zero-order valence-corrected chi connectivity index (χ0v) is 11.8. The van der Waals surface area contributed by atoms with Gasteiger partial charge in [0.25, 0.3) is 0 Å². The number of nitrogens with one attached hydrogen (secondary N) is 1. The molecule has 4 nitrogen and oxygen atoms in total. The molecule has 4 heteroatoms. The first-order valence-corrected chi connectivity index (χ1v) is 7.30. The molecule has 18 heavy (non-hydrogen) atoms. The van der Waals surface area contributed by atoms with Crippen LogP contribution in [0.4, 0.5) is 0 Å². The predicted octanol–water partition coefficient (Wildman–Crippen LogP) is 1.39. The number of amides is 1. The lowest BCUT2D eigenvalue weighted by Gasteiger charge is -2.30. The topological polar surface area (TPSA) is 52.6 Å². The minimum atomic E-state index is 0.107. The second kappa shape index (κ2) is 8.48. The summed E-state index contributed by atoms with van der Waals surface area (Å²) in [5.74, 6) is 0.704. The van der Waals surface area contributed by atoms with E-state index in [0.717, 1.165) is 19.4 Å². The van der Waals surface area contributed by atoms with Crippen molar-refractivity contribution in [1.82, 2.24) is 10.2 Å². The number of rotatable bonds is 7.